The lowest BCUT2D eigenvalue weighted by Crippen LogP contribution is -2.49. The van der Waals surface area contributed by atoms with Crippen molar-refractivity contribution in [2.75, 3.05) is 33.4 Å². The van der Waals surface area contributed by atoms with Crippen LogP contribution >= 0.6 is 0 Å². The van der Waals surface area contributed by atoms with Gasteiger partial charge in [-0.15, -0.1) is 0 Å². The third-order valence-electron chi connectivity index (χ3n) is 2.62. The van der Waals surface area contributed by atoms with Gasteiger partial charge in [-0.1, -0.05) is 12.1 Å². The molecule has 0 saturated heterocycles. The molecule has 18 heavy (non-hydrogen) atoms. The summed E-state index contributed by atoms with van der Waals surface area (Å²) in [6, 6.07) is 6.58. The molecule has 0 heterocycles. The quantitative estimate of drug-likeness (QED) is 0.536. The fourth-order valence-corrected chi connectivity index (χ4v) is 2.07. The minimum absolute atomic E-state index is 0.269. The van der Waals surface area contributed by atoms with E-state index in [0.717, 1.165) is 0 Å². The Balaban J connectivity index is 3.11. The second-order valence-corrected chi connectivity index (χ2v) is 5.65. The SMILES string of the molecule is C[N+](C)(C)CC(O)(CC(=O)[O-])c1ccc(N)cc1. The summed E-state index contributed by atoms with van der Waals surface area (Å²) in [5.41, 5.74) is 5.24. The summed E-state index contributed by atoms with van der Waals surface area (Å²) in [6.07, 6.45) is -0.438. The van der Waals surface area contributed by atoms with Crippen LogP contribution in [0.4, 0.5) is 5.69 Å². The van der Waals surface area contributed by atoms with E-state index in [2.05, 4.69) is 0 Å². The van der Waals surface area contributed by atoms with Gasteiger partial charge in [0.1, 0.15) is 12.1 Å². The van der Waals surface area contributed by atoms with E-state index in [-0.39, 0.29) is 6.54 Å². The van der Waals surface area contributed by atoms with Gasteiger partial charge in [0.25, 0.3) is 0 Å². The summed E-state index contributed by atoms with van der Waals surface area (Å²) in [6.45, 7) is 0.269. The number of nitrogen functional groups attached to an aromatic ring is 1. The number of anilines is 1. The number of nitrogens with zero attached hydrogens (tertiary/aromatic N) is 1. The van der Waals surface area contributed by atoms with Crippen LogP contribution in [0.3, 0.4) is 0 Å². The Morgan fingerprint density at radius 3 is 2.22 bits per heavy atom. The lowest BCUT2D eigenvalue weighted by atomic mass is 9.89. The average molecular weight is 252 g/mol. The number of hydrogen-bond donors (Lipinski definition) is 2. The van der Waals surface area contributed by atoms with Gasteiger partial charge in [0, 0.05) is 18.1 Å². The van der Waals surface area contributed by atoms with Gasteiger partial charge in [0.15, 0.2) is 0 Å². The minimum Gasteiger partial charge on any atom is -0.550 e. The van der Waals surface area contributed by atoms with Crippen molar-refractivity contribution in [3.05, 3.63) is 29.8 Å². The predicted molar refractivity (Wildman–Crippen MR) is 67.3 cm³/mol. The van der Waals surface area contributed by atoms with Gasteiger partial charge in [-0.3, -0.25) is 0 Å². The summed E-state index contributed by atoms with van der Waals surface area (Å²) in [7, 11) is 5.66. The van der Waals surface area contributed by atoms with Gasteiger partial charge in [-0.05, 0) is 17.7 Å². The number of aliphatic hydroxyl groups is 1. The zero-order valence-electron chi connectivity index (χ0n) is 11.0. The summed E-state index contributed by atoms with van der Waals surface area (Å²) < 4.78 is 0.439. The monoisotopic (exact) mass is 252 g/mol. The topological polar surface area (TPSA) is 86.4 Å². The average Bonchev–Trinajstić information content (AvgIpc) is 2.13. The van der Waals surface area contributed by atoms with Crippen molar-refractivity contribution in [1.82, 2.24) is 0 Å². The normalized spacial score (nSPS) is 15.1. The van der Waals surface area contributed by atoms with E-state index >= 15 is 0 Å². The maximum absolute atomic E-state index is 10.8. The van der Waals surface area contributed by atoms with E-state index in [0.29, 0.717) is 15.7 Å². The first-order valence-corrected chi connectivity index (χ1v) is 5.71. The molecule has 0 aromatic heterocycles. The number of carbonyl (C=O) groups is 1. The molecule has 100 valence electrons. The second-order valence-electron chi connectivity index (χ2n) is 5.65. The molecule has 0 saturated carbocycles. The van der Waals surface area contributed by atoms with Crippen LogP contribution in [0.25, 0.3) is 0 Å². The smallest absolute Gasteiger partial charge is 0.143 e. The Kier molecular flexibility index (Phi) is 3.98. The number of aliphatic carboxylic acids is 1. The third-order valence-corrected chi connectivity index (χ3v) is 2.62. The highest BCUT2D eigenvalue weighted by atomic mass is 16.4. The van der Waals surface area contributed by atoms with Crippen molar-refractivity contribution < 1.29 is 19.5 Å². The highest BCUT2D eigenvalue weighted by Gasteiger charge is 2.35. The zero-order chi connectivity index (χ0) is 14.0. The maximum atomic E-state index is 10.8. The van der Waals surface area contributed by atoms with Crippen LogP contribution < -0.4 is 10.8 Å². The van der Waals surface area contributed by atoms with Gasteiger partial charge in [-0.2, -0.15) is 0 Å². The molecule has 0 aliphatic rings. The van der Waals surface area contributed by atoms with Crippen molar-refractivity contribution >= 4 is 11.7 Å². The van der Waals surface area contributed by atoms with Crippen LogP contribution in [-0.2, 0) is 10.4 Å². The van der Waals surface area contributed by atoms with E-state index in [1.54, 1.807) is 24.3 Å². The van der Waals surface area contributed by atoms with Crippen LogP contribution in [0.2, 0.25) is 0 Å². The van der Waals surface area contributed by atoms with Crippen LogP contribution in [0.5, 0.6) is 0 Å². The Labute approximate surface area is 107 Å². The van der Waals surface area contributed by atoms with Crippen LogP contribution in [0, 0.1) is 0 Å². The fourth-order valence-electron chi connectivity index (χ4n) is 2.07. The molecule has 0 radical (unpaired) electrons. The molecule has 1 aromatic carbocycles. The highest BCUT2D eigenvalue weighted by molar-refractivity contribution is 5.66. The molecule has 0 fully saturated rings. The number of likely N-dealkylation sites (N-methyl/N-ethyl adjacent to an activating group) is 1. The number of benzene rings is 1. The number of rotatable bonds is 5. The van der Waals surface area contributed by atoms with E-state index in [1.165, 1.54) is 0 Å². The molecule has 3 N–H and O–H groups in total. The molecule has 0 bridgehead atoms. The molecule has 1 aromatic rings. The van der Waals surface area contributed by atoms with Gasteiger partial charge in [0.05, 0.1) is 21.1 Å². The molecule has 1 unspecified atom stereocenters. The van der Waals surface area contributed by atoms with Crippen LogP contribution in [0.15, 0.2) is 24.3 Å². The Hall–Kier alpha value is -1.59. The lowest BCUT2D eigenvalue weighted by Gasteiger charge is -2.36. The van der Waals surface area contributed by atoms with Crippen molar-refractivity contribution in [2.24, 2.45) is 0 Å². The maximum Gasteiger partial charge on any atom is 0.143 e. The molecular formula is C13H20N2O3. The molecular weight excluding hydrogens is 232 g/mol. The van der Waals surface area contributed by atoms with Crippen molar-refractivity contribution in [3.8, 4) is 0 Å². The third kappa shape index (κ3) is 4.01. The van der Waals surface area contributed by atoms with E-state index in [1.807, 2.05) is 21.1 Å². The van der Waals surface area contributed by atoms with Crippen molar-refractivity contribution in [1.29, 1.82) is 0 Å². The van der Waals surface area contributed by atoms with Crippen LogP contribution in [-0.4, -0.2) is 43.2 Å². The molecule has 0 aliphatic heterocycles. The molecule has 5 nitrogen and oxygen atoms in total. The minimum atomic E-state index is -1.45. The summed E-state index contributed by atoms with van der Waals surface area (Å²) in [5, 5.41) is 21.4. The highest BCUT2D eigenvalue weighted by Crippen LogP contribution is 2.27. The first-order chi connectivity index (χ1) is 8.12. The number of quaternary nitrogens is 1. The molecule has 1 atom stereocenters. The van der Waals surface area contributed by atoms with E-state index in [4.69, 9.17) is 5.73 Å². The molecule has 0 aliphatic carbocycles. The van der Waals surface area contributed by atoms with Crippen molar-refractivity contribution in [3.63, 3.8) is 0 Å². The van der Waals surface area contributed by atoms with Crippen LogP contribution in [0.1, 0.15) is 12.0 Å². The number of hydrogen-bond acceptors (Lipinski definition) is 4. The summed E-state index contributed by atoms with van der Waals surface area (Å²) >= 11 is 0. The summed E-state index contributed by atoms with van der Waals surface area (Å²) in [5.74, 6) is -1.28. The molecule has 1 rings (SSSR count). The number of nitrogens with two attached hydrogens (primary N) is 1. The van der Waals surface area contributed by atoms with Gasteiger partial charge in [0.2, 0.25) is 0 Å². The Bertz CT molecular complexity index is 423. The van der Waals surface area contributed by atoms with Crippen molar-refractivity contribution in [2.45, 2.75) is 12.0 Å². The first kappa shape index (κ1) is 14.5. The number of carboxylic acids is 1. The first-order valence-electron chi connectivity index (χ1n) is 5.71. The zero-order valence-corrected chi connectivity index (χ0v) is 11.0. The number of carbonyl (C=O) groups excluding carboxylic acids is 1. The standard InChI is InChI=1S/C13H20N2O3/c1-15(2,3)9-13(18,8-12(16)17)10-4-6-11(14)7-5-10/h4-7,18H,8-9,14H2,1-3H3. The largest absolute Gasteiger partial charge is 0.550 e. The van der Waals surface area contributed by atoms with Gasteiger partial charge in [-0.25, -0.2) is 0 Å². The molecule has 0 spiro atoms. The van der Waals surface area contributed by atoms with Gasteiger partial charge >= 0.3 is 0 Å². The second kappa shape index (κ2) is 4.96. The van der Waals surface area contributed by atoms with E-state index in [9.17, 15) is 15.0 Å². The van der Waals surface area contributed by atoms with E-state index < -0.39 is 18.0 Å². The fraction of sp³-hybridized carbons (Fsp3) is 0.462. The molecule has 0 amide bonds. The Morgan fingerprint density at radius 2 is 1.83 bits per heavy atom. The van der Waals surface area contributed by atoms with Gasteiger partial charge < -0.3 is 25.2 Å². The lowest BCUT2D eigenvalue weighted by molar-refractivity contribution is -0.878. The summed E-state index contributed by atoms with van der Waals surface area (Å²) in [4.78, 5) is 10.8. The molecule has 5 heteroatoms. The number of carboxylic acid groups (broad SMARTS) is 1. The predicted octanol–water partition coefficient (Wildman–Crippen LogP) is -0.697. The Morgan fingerprint density at radius 1 is 1.33 bits per heavy atom.